The van der Waals surface area contributed by atoms with Gasteiger partial charge in [-0.25, -0.2) is 4.39 Å². The first-order valence-corrected chi connectivity index (χ1v) is 9.84. The molecule has 1 atom stereocenters. The van der Waals surface area contributed by atoms with Crippen molar-refractivity contribution in [1.82, 2.24) is 10.6 Å². The van der Waals surface area contributed by atoms with Crippen molar-refractivity contribution in [2.45, 2.75) is 31.7 Å². The Morgan fingerprint density at radius 1 is 1.10 bits per heavy atom. The van der Waals surface area contributed by atoms with Crippen LogP contribution in [-0.2, 0) is 4.79 Å². The van der Waals surface area contributed by atoms with Crippen molar-refractivity contribution in [3.8, 4) is 17.2 Å². The summed E-state index contributed by atoms with van der Waals surface area (Å²) < 4.78 is 25.3. The zero-order chi connectivity index (χ0) is 20.2. The van der Waals surface area contributed by atoms with E-state index in [0.717, 1.165) is 18.4 Å². The second-order valence-corrected chi connectivity index (χ2v) is 7.48. The molecule has 29 heavy (non-hydrogen) atoms. The van der Waals surface area contributed by atoms with Crippen molar-refractivity contribution in [2.75, 3.05) is 13.2 Å². The largest absolute Gasteiger partial charge is 0.493 e. The predicted molar refractivity (Wildman–Crippen MR) is 105 cm³/mol. The Balaban J connectivity index is 1.44. The van der Waals surface area contributed by atoms with Crippen molar-refractivity contribution in [1.29, 1.82) is 0 Å². The molecule has 0 spiro atoms. The predicted octanol–water partition coefficient (Wildman–Crippen LogP) is 3.42. The Hall–Kier alpha value is -3.09. The Bertz CT molecular complexity index is 896. The van der Waals surface area contributed by atoms with E-state index in [1.165, 1.54) is 25.0 Å². The number of carbonyl (C=O) groups excluding carboxylic acids is 2. The maximum atomic E-state index is 13.8. The van der Waals surface area contributed by atoms with Gasteiger partial charge in [0.15, 0.2) is 0 Å². The van der Waals surface area contributed by atoms with Gasteiger partial charge in [-0.3, -0.25) is 9.59 Å². The lowest BCUT2D eigenvalue weighted by Gasteiger charge is -2.23. The number of hydrogen-bond acceptors (Lipinski definition) is 4. The fourth-order valence-electron chi connectivity index (χ4n) is 3.17. The second-order valence-electron chi connectivity index (χ2n) is 7.48. The van der Waals surface area contributed by atoms with Gasteiger partial charge < -0.3 is 20.1 Å². The third-order valence-electron chi connectivity index (χ3n) is 5.00. The molecule has 0 aromatic heterocycles. The zero-order valence-electron chi connectivity index (χ0n) is 15.9. The standard InChI is InChI=1S/C22H23FN2O4/c23-15-3-8-20(19(11-15)22(27)25-16-9-10-24-21(26)12-16)29-18-6-4-17(5-7-18)28-13-14-1-2-14/h3-8,11,14,16H,1-2,9-10,12-13H2,(H,24,26)(H,25,27). The normalized spacial score (nSPS) is 18.7. The minimum absolute atomic E-state index is 0.0880. The third kappa shape index (κ3) is 5.25. The number of piperidine rings is 1. The van der Waals surface area contributed by atoms with Crippen LogP contribution in [0, 0.1) is 11.7 Å². The molecule has 2 N–H and O–H groups in total. The highest BCUT2D eigenvalue weighted by Gasteiger charge is 2.24. The number of hydrogen-bond donors (Lipinski definition) is 2. The number of benzene rings is 2. The fourth-order valence-corrected chi connectivity index (χ4v) is 3.17. The molecule has 7 heteroatoms. The molecule has 2 fully saturated rings. The molecule has 1 unspecified atom stereocenters. The summed E-state index contributed by atoms with van der Waals surface area (Å²) in [4.78, 5) is 24.2. The van der Waals surface area contributed by atoms with Crippen LogP contribution < -0.4 is 20.1 Å². The summed E-state index contributed by atoms with van der Waals surface area (Å²) in [7, 11) is 0. The molecular weight excluding hydrogens is 375 g/mol. The first kappa shape index (κ1) is 19.2. The van der Waals surface area contributed by atoms with Gasteiger partial charge in [-0.15, -0.1) is 0 Å². The monoisotopic (exact) mass is 398 g/mol. The Morgan fingerprint density at radius 3 is 2.59 bits per heavy atom. The quantitative estimate of drug-likeness (QED) is 0.749. The first-order chi connectivity index (χ1) is 14.1. The molecule has 6 nitrogen and oxygen atoms in total. The fraction of sp³-hybridized carbons (Fsp3) is 0.364. The van der Waals surface area contributed by atoms with Gasteiger partial charge >= 0.3 is 0 Å². The Kier molecular flexibility index (Phi) is 5.64. The van der Waals surface area contributed by atoms with Crippen LogP contribution in [0.1, 0.15) is 36.0 Å². The van der Waals surface area contributed by atoms with E-state index in [1.54, 1.807) is 12.1 Å². The van der Waals surface area contributed by atoms with Crippen molar-refractivity contribution in [3.63, 3.8) is 0 Å². The molecule has 1 aliphatic heterocycles. The van der Waals surface area contributed by atoms with Crippen LogP contribution in [0.2, 0.25) is 0 Å². The summed E-state index contributed by atoms with van der Waals surface area (Å²) in [6.45, 7) is 1.23. The summed E-state index contributed by atoms with van der Waals surface area (Å²) in [5.74, 6) is 1.08. The lowest BCUT2D eigenvalue weighted by Crippen LogP contribution is -2.45. The van der Waals surface area contributed by atoms with Crippen LogP contribution in [0.4, 0.5) is 4.39 Å². The molecule has 1 saturated carbocycles. The van der Waals surface area contributed by atoms with Crippen molar-refractivity contribution in [2.24, 2.45) is 5.92 Å². The molecule has 2 aliphatic rings. The molecule has 2 aromatic carbocycles. The number of ether oxygens (including phenoxy) is 2. The first-order valence-electron chi connectivity index (χ1n) is 9.84. The van der Waals surface area contributed by atoms with Gasteiger partial charge in [-0.1, -0.05) is 0 Å². The maximum absolute atomic E-state index is 13.8. The van der Waals surface area contributed by atoms with Crippen LogP contribution >= 0.6 is 0 Å². The van der Waals surface area contributed by atoms with Gasteiger partial charge in [0.05, 0.1) is 12.2 Å². The van der Waals surface area contributed by atoms with Gasteiger partial charge in [0.25, 0.3) is 5.91 Å². The molecule has 1 heterocycles. The Labute approximate surface area is 168 Å². The third-order valence-corrected chi connectivity index (χ3v) is 5.00. The van der Waals surface area contributed by atoms with E-state index < -0.39 is 11.7 Å². The summed E-state index contributed by atoms with van der Waals surface area (Å²) in [6, 6.07) is 10.6. The van der Waals surface area contributed by atoms with Crippen LogP contribution in [0.15, 0.2) is 42.5 Å². The SMILES string of the molecule is O=C1CC(NC(=O)c2cc(F)ccc2Oc2ccc(OCC3CC3)cc2)CCN1. The molecule has 2 aromatic rings. The molecule has 1 saturated heterocycles. The summed E-state index contributed by atoms with van der Waals surface area (Å²) >= 11 is 0. The van der Waals surface area contributed by atoms with E-state index in [-0.39, 0.29) is 29.7 Å². The number of carbonyl (C=O) groups is 2. The van der Waals surface area contributed by atoms with E-state index in [9.17, 15) is 14.0 Å². The Morgan fingerprint density at radius 2 is 1.86 bits per heavy atom. The van der Waals surface area contributed by atoms with Crippen molar-refractivity contribution >= 4 is 11.8 Å². The van der Waals surface area contributed by atoms with E-state index in [1.807, 2.05) is 12.1 Å². The van der Waals surface area contributed by atoms with Crippen LogP contribution in [-0.4, -0.2) is 31.0 Å². The molecule has 152 valence electrons. The maximum Gasteiger partial charge on any atom is 0.255 e. The average Bonchev–Trinajstić information content (AvgIpc) is 3.53. The van der Waals surface area contributed by atoms with Gasteiger partial charge in [-0.05, 0) is 67.6 Å². The van der Waals surface area contributed by atoms with E-state index >= 15 is 0 Å². The molecular formula is C22H23FN2O4. The molecule has 1 aliphatic carbocycles. The molecule has 0 radical (unpaired) electrons. The van der Waals surface area contributed by atoms with Gasteiger partial charge in [0, 0.05) is 19.0 Å². The lowest BCUT2D eigenvalue weighted by molar-refractivity contribution is -0.122. The summed E-state index contributed by atoms with van der Waals surface area (Å²) in [5.41, 5.74) is 0.0880. The van der Waals surface area contributed by atoms with Crippen molar-refractivity contribution in [3.05, 3.63) is 53.8 Å². The zero-order valence-corrected chi connectivity index (χ0v) is 15.9. The summed E-state index contributed by atoms with van der Waals surface area (Å²) in [6.07, 6.45) is 3.29. The van der Waals surface area contributed by atoms with E-state index in [4.69, 9.17) is 9.47 Å². The van der Waals surface area contributed by atoms with Crippen molar-refractivity contribution < 1.29 is 23.5 Å². The van der Waals surface area contributed by atoms with E-state index in [2.05, 4.69) is 10.6 Å². The number of nitrogens with one attached hydrogen (secondary N) is 2. The van der Waals surface area contributed by atoms with Crippen LogP contribution in [0.3, 0.4) is 0 Å². The number of amides is 2. The number of halogens is 1. The highest BCUT2D eigenvalue weighted by molar-refractivity contribution is 5.97. The van der Waals surface area contributed by atoms with Crippen LogP contribution in [0.5, 0.6) is 17.2 Å². The second kappa shape index (κ2) is 8.51. The average molecular weight is 398 g/mol. The molecule has 0 bridgehead atoms. The van der Waals surface area contributed by atoms with Gasteiger partial charge in [0.1, 0.15) is 23.1 Å². The minimum atomic E-state index is -0.535. The van der Waals surface area contributed by atoms with Crippen LogP contribution in [0.25, 0.3) is 0 Å². The van der Waals surface area contributed by atoms with E-state index in [0.29, 0.717) is 24.6 Å². The van der Waals surface area contributed by atoms with Gasteiger partial charge in [-0.2, -0.15) is 0 Å². The van der Waals surface area contributed by atoms with Gasteiger partial charge in [0.2, 0.25) is 5.91 Å². The molecule has 4 rings (SSSR count). The molecule has 2 amide bonds. The smallest absolute Gasteiger partial charge is 0.255 e. The summed E-state index contributed by atoms with van der Waals surface area (Å²) in [5, 5.41) is 5.51. The minimum Gasteiger partial charge on any atom is -0.493 e. The number of rotatable bonds is 7. The highest BCUT2D eigenvalue weighted by atomic mass is 19.1. The topological polar surface area (TPSA) is 76.7 Å². The lowest BCUT2D eigenvalue weighted by atomic mass is 10.1. The highest BCUT2D eigenvalue weighted by Crippen LogP contribution is 2.31.